The van der Waals surface area contributed by atoms with Crippen LogP contribution >= 0.6 is 0 Å². The van der Waals surface area contributed by atoms with Crippen molar-refractivity contribution in [3.05, 3.63) is 0 Å². The normalized spacial score (nSPS) is 48.2. The predicted molar refractivity (Wildman–Crippen MR) is 121 cm³/mol. The molecule has 0 bridgehead atoms. The molecule has 2 N–H and O–H groups in total. The number of aliphatic hydroxyl groups is 2. The zero-order valence-corrected chi connectivity index (χ0v) is 24.0. The Morgan fingerprint density at radius 2 is 1.67 bits per heavy atom. The van der Waals surface area contributed by atoms with Crippen LogP contribution in [0.5, 0.6) is 0 Å². The van der Waals surface area contributed by atoms with Gasteiger partial charge in [-0.3, -0.25) is 4.18 Å². The second-order valence-electron chi connectivity index (χ2n) is 12.1. The summed E-state index contributed by atoms with van der Waals surface area (Å²) in [5, 5.41) is 22.1. The van der Waals surface area contributed by atoms with Crippen LogP contribution in [0.1, 0.15) is 85.5 Å². The van der Waals surface area contributed by atoms with Crippen molar-refractivity contribution < 1.29 is 56.9 Å². The van der Waals surface area contributed by atoms with Gasteiger partial charge in [0.15, 0.2) is 0 Å². The molecule has 0 amide bonds. The molecule has 0 aliphatic heterocycles. The van der Waals surface area contributed by atoms with Crippen LogP contribution in [-0.4, -0.2) is 42.0 Å². The number of aliphatic hydroxyl groups excluding tert-OH is 2. The summed E-state index contributed by atoms with van der Waals surface area (Å²) in [5.41, 5.74) is 0.332. The van der Waals surface area contributed by atoms with Gasteiger partial charge in [-0.1, -0.05) is 34.1 Å². The van der Waals surface area contributed by atoms with Crippen LogP contribution in [-0.2, 0) is 14.6 Å². The van der Waals surface area contributed by atoms with Gasteiger partial charge in [0.2, 0.25) is 10.4 Å². The van der Waals surface area contributed by atoms with E-state index in [2.05, 4.69) is 31.9 Å². The Balaban J connectivity index is 0.00000306. The van der Waals surface area contributed by atoms with Crippen molar-refractivity contribution in [2.75, 3.05) is 6.61 Å². The van der Waals surface area contributed by atoms with Crippen LogP contribution in [0, 0.1) is 52.3 Å². The van der Waals surface area contributed by atoms with Gasteiger partial charge < -0.3 is 14.8 Å². The van der Waals surface area contributed by atoms with E-state index in [1.165, 1.54) is 0 Å². The minimum atomic E-state index is -4.64. The van der Waals surface area contributed by atoms with E-state index in [4.69, 9.17) is 0 Å². The fraction of sp³-hybridized carbons (Fsp3) is 1.00. The van der Waals surface area contributed by atoms with Gasteiger partial charge in [0.25, 0.3) is 0 Å². The van der Waals surface area contributed by atoms with Crippen molar-refractivity contribution in [3.63, 3.8) is 0 Å². The first-order chi connectivity index (χ1) is 14.9. The molecule has 0 aromatic heterocycles. The van der Waals surface area contributed by atoms with E-state index in [1.807, 2.05) is 0 Å². The van der Waals surface area contributed by atoms with E-state index in [9.17, 15) is 23.2 Å². The van der Waals surface area contributed by atoms with Crippen LogP contribution in [0.4, 0.5) is 0 Å². The Labute approximate surface area is 222 Å². The quantitative estimate of drug-likeness (QED) is 0.326. The average Bonchev–Trinajstić information content (AvgIpc) is 3.06. The Kier molecular flexibility index (Phi) is 8.83. The molecule has 1 unspecified atom stereocenters. The summed E-state index contributed by atoms with van der Waals surface area (Å²) in [6.45, 7) is 9.17. The van der Waals surface area contributed by atoms with Gasteiger partial charge in [0.1, 0.15) is 0 Å². The zero-order valence-electron chi connectivity index (χ0n) is 21.2. The van der Waals surface area contributed by atoms with Gasteiger partial charge in [-0.15, -0.1) is 0 Å². The van der Waals surface area contributed by atoms with Crippen LogP contribution in [0.2, 0.25) is 0 Å². The third kappa shape index (κ3) is 5.01. The molecule has 0 aromatic rings. The predicted octanol–water partition coefficient (Wildman–Crippen LogP) is 1.12. The third-order valence-electron chi connectivity index (χ3n) is 11.0. The fourth-order valence-corrected chi connectivity index (χ4v) is 9.77. The van der Waals surface area contributed by atoms with Crippen LogP contribution in [0.15, 0.2) is 0 Å². The Morgan fingerprint density at radius 3 is 2.30 bits per heavy atom. The first-order valence-corrected chi connectivity index (χ1v) is 14.2. The molecule has 11 atom stereocenters. The Morgan fingerprint density at radius 1 is 1.03 bits per heavy atom. The number of hydrogen-bond donors (Lipinski definition) is 2. The number of hydrogen-bond acceptors (Lipinski definition) is 6. The van der Waals surface area contributed by atoms with E-state index in [0.717, 1.165) is 51.4 Å². The minimum Gasteiger partial charge on any atom is -0.726 e. The minimum absolute atomic E-state index is 0. The molecule has 0 radical (unpaired) electrons. The summed E-state index contributed by atoms with van der Waals surface area (Å²) in [6.07, 6.45) is 8.26. The molecular weight excluding hydrogens is 451 g/mol. The smallest absolute Gasteiger partial charge is 0.726 e. The van der Waals surface area contributed by atoms with E-state index in [0.29, 0.717) is 36.0 Å². The van der Waals surface area contributed by atoms with Gasteiger partial charge in [-0.2, -0.15) is 0 Å². The number of fused-ring (bicyclic) bond motifs is 5. The second kappa shape index (κ2) is 10.3. The summed E-state index contributed by atoms with van der Waals surface area (Å²) < 4.78 is 37.0. The Bertz CT molecular complexity index is 792. The van der Waals surface area contributed by atoms with E-state index in [-0.39, 0.29) is 71.0 Å². The molecule has 6 nitrogen and oxygen atoms in total. The van der Waals surface area contributed by atoms with Crippen molar-refractivity contribution in [2.24, 2.45) is 52.3 Å². The maximum atomic E-state index is 11.7. The molecule has 4 fully saturated rings. The standard InChI is InChI=1S/C25H44O6S.Na/c1-5-17-21-14-16(26)8-11-25(21,4)20-9-12-24(3)18(6-7-19(24)22(20)23(17)27)15(2)10-13-31-32(28,29)30;/h15-23,26-27H,5-14H2,1-4H3,(H,28,29,30);/q;+1/p-1/t15-,16-,17-,18-,19+,20+,21?,22+,23-,24-,25-;/m1./s1. The third-order valence-corrected chi connectivity index (χ3v) is 11.4. The fourth-order valence-electron chi connectivity index (χ4n) is 9.47. The van der Waals surface area contributed by atoms with Gasteiger partial charge in [0.05, 0.1) is 18.8 Å². The molecule has 4 aliphatic rings. The van der Waals surface area contributed by atoms with E-state index >= 15 is 0 Å². The van der Waals surface area contributed by atoms with E-state index in [1.54, 1.807) is 0 Å². The van der Waals surface area contributed by atoms with Gasteiger partial charge in [-0.25, -0.2) is 8.42 Å². The second-order valence-corrected chi connectivity index (χ2v) is 13.2. The SMILES string of the molecule is CC[C@@H]1C2C[C@H](O)CC[C@]2(C)[C@H]2CC[C@]3(C)[C@@H]([C@H](C)CCOS(=O)(=O)[O-])CC[C@H]3[C@@H]2[C@@H]1O.[Na+]. The Hall–Kier alpha value is 0.790. The molecule has 0 saturated heterocycles. The van der Waals surface area contributed by atoms with Crippen molar-refractivity contribution in [1.82, 2.24) is 0 Å². The van der Waals surface area contributed by atoms with Crippen LogP contribution < -0.4 is 29.6 Å². The molecule has 8 heteroatoms. The van der Waals surface area contributed by atoms with Crippen LogP contribution in [0.3, 0.4) is 0 Å². The van der Waals surface area contributed by atoms with Crippen molar-refractivity contribution in [2.45, 2.75) is 97.7 Å². The van der Waals surface area contributed by atoms with Gasteiger partial charge >= 0.3 is 29.6 Å². The van der Waals surface area contributed by atoms with E-state index < -0.39 is 10.4 Å². The molecule has 33 heavy (non-hydrogen) atoms. The van der Waals surface area contributed by atoms with Gasteiger partial charge in [-0.05, 0) is 104 Å². The molecule has 4 saturated carbocycles. The molecule has 4 aliphatic carbocycles. The molecule has 0 heterocycles. The summed E-state index contributed by atoms with van der Waals surface area (Å²) in [4.78, 5) is 0. The van der Waals surface area contributed by atoms with Crippen molar-refractivity contribution >= 4 is 10.4 Å². The monoisotopic (exact) mass is 494 g/mol. The first kappa shape index (κ1) is 28.4. The maximum Gasteiger partial charge on any atom is 1.00 e. The molecular formula is C25H43NaO6S. The molecule has 0 spiro atoms. The average molecular weight is 495 g/mol. The topological polar surface area (TPSA) is 107 Å². The van der Waals surface area contributed by atoms with Crippen molar-refractivity contribution in [1.29, 1.82) is 0 Å². The maximum absolute atomic E-state index is 11.7. The molecule has 4 rings (SSSR count). The summed E-state index contributed by atoms with van der Waals surface area (Å²) in [6, 6.07) is 0. The van der Waals surface area contributed by atoms with Gasteiger partial charge in [0, 0.05) is 0 Å². The first-order valence-electron chi connectivity index (χ1n) is 12.9. The largest absolute Gasteiger partial charge is 1.00 e. The zero-order chi connectivity index (χ0) is 23.5. The summed E-state index contributed by atoms with van der Waals surface area (Å²) >= 11 is 0. The summed E-state index contributed by atoms with van der Waals surface area (Å²) in [5.74, 6) is 2.69. The van der Waals surface area contributed by atoms with Crippen LogP contribution in [0.25, 0.3) is 0 Å². The number of rotatable bonds is 6. The summed E-state index contributed by atoms with van der Waals surface area (Å²) in [7, 11) is -4.64. The molecule has 186 valence electrons. The van der Waals surface area contributed by atoms with Crippen molar-refractivity contribution in [3.8, 4) is 0 Å². The molecule has 0 aromatic carbocycles.